The van der Waals surface area contributed by atoms with Crippen molar-refractivity contribution < 1.29 is 43.3 Å². The molecule has 208 valence electrons. The van der Waals surface area contributed by atoms with Crippen LogP contribution in [0.4, 0.5) is 34.4 Å². The van der Waals surface area contributed by atoms with Gasteiger partial charge in [0.25, 0.3) is 0 Å². The standard InChI is InChI=1S/C22H14Cl2F6N4O4S/c23-17-14(4-5-15(18(17)24)39(26,27,28,29)30)34-19(16(13(9-31)33-34)22(6-7-22)20(35)36)32-21(37)38-10-11-2-1-3-12(25)8-11/h1-5,8H,6-7,10H2,(H,32,37)(H,35,36). The molecule has 0 atom stereocenters. The fourth-order valence-electron chi connectivity index (χ4n) is 3.83. The van der Waals surface area contributed by atoms with Gasteiger partial charge in [0.2, 0.25) is 0 Å². The summed E-state index contributed by atoms with van der Waals surface area (Å²) in [6.07, 6.45) is -1.24. The lowest BCUT2D eigenvalue weighted by Gasteiger charge is -2.41. The van der Waals surface area contributed by atoms with Crippen molar-refractivity contribution in [3.8, 4) is 11.8 Å². The minimum Gasteiger partial charge on any atom is -0.481 e. The molecule has 1 aromatic heterocycles. The Morgan fingerprint density at radius 1 is 1.15 bits per heavy atom. The number of anilines is 1. The van der Waals surface area contributed by atoms with Crippen LogP contribution in [0.2, 0.25) is 10.0 Å². The SMILES string of the molecule is N#Cc1nn(-c2ccc(S(F)(F)(F)(F)F)c(Cl)c2Cl)c(NC(=O)OCc2cccc(F)c2)c1C1(C(=O)O)CC1. The van der Waals surface area contributed by atoms with Gasteiger partial charge in [0, 0.05) is 0 Å². The van der Waals surface area contributed by atoms with Crippen LogP contribution in [0.25, 0.3) is 5.69 Å². The van der Waals surface area contributed by atoms with Gasteiger partial charge in [0.1, 0.15) is 29.2 Å². The largest absolute Gasteiger partial charge is 0.481 e. The van der Waals surface area contributed by atoms with E-state index in [4.69, 9.17) is 27.9 Å². The summed E-state index contributed by atoms with van der Waals surface area (Å²) in [5, 5.41) is 22.8. The van der Waals surface area contributed by atoms with Gasteiger partial charge in [-0.25, -0.2) is 13.9 Å². The summed E-state index contributed by atoms with van der Waals surface area (Å²) in [6.45, 7) is -0.451. The number of carboxylic acids is 1. The van der Waals surface area contributed by atoms with Crippen LogP contribution < -0.4 is 5.32 Å². The van der Waals surface area contributed by atoms with Gasteiger partial charge >= 0.3 is 22.3 Å². The van der Waals surface area contributed by atoms with Crippen molar-refractivity contribution in [1.29, 1.82) is 5.26 Å². The van der Waals surface area contributed by atoms with E-state index in [1.165, 1.54) is 12.1 Å². The van der Waals surface area contributed by atoms with Crippen LogP contribution in [0.3, 0.4) is 0 Å². The van der Waals surface area contributed by atoms with Crippen LogP contribution >= 0.6 is 33.4 Å². The molecule has 0 spiro atoms. The molecule has 1 heterocycles. The minimum absolute atomic E-state index is 0.00731. The van der Waals surface area contributed by atoms with Gasteiger partial charge in [-0.15, -0.1) is 0 Å². The smallest absolute Gasteiger partial charge is 0.413 e. The van der Waals surface area contributed by atoms with Crippen LogP contribution in [-0.4, -0.2) is 26.9 Å². The highest BCUT2D eigenvalue weighted by molar-refractivity contribution is 8.45. The van der Waals surface area contributed by atoms with Crippen molar-refractivity contribution in [2.24, 2.45) is 0 Å². The van der Waals surface area contributed by atoms with E-state index in [1.54, 1.807) is 6.07 Å². The second-order valence-corrected chi connectivity index (χ2v) is 11.6. The predicted octanol–water partition coefficient (Wildman–Crippen LogP) is 7.71. The topological polar surface area (TPSA) is 117 Å². The van der Waals surface area contributed by atoms with Crippen molar-refractivity contribution in [2.45, 2.75) is 29.8 Å². The van der Waals surface area contributed by atoms with Gasteiger partial charge in [-0.1, -0.05) is 54.8 Å². The number of carbonyl (C=O) groups excluding carboxylic acids is 1. The number of aliphatic carboxylic acids is 1. The number of nitrogens with one attached hydrogen (secondary N) is 1. The number of nitriles is 1. The summed E-state index contributed by atoms with van der Waals surface area (Å²) < 4.78 is 86.2. The van der Waals surface area contributed by atoms with Crippen LogP contribution in [0.15, 0.2) is 41.3 Å². The summed E-state index contributed by atoms with van der Waals surface area (Å²) in [5.41, 5.74) is -2.91. The zero-order valence-corrected chi connectivity index (χ0v) is 21.4. The Morgan fingerprint density at radius 3 is 2.36 bits per heavy atom. The normalized spacial score (nSPS) is 16.0. The van der Waals surface area contributed by atoms with E-state index in [0.717, 1.165) is 12.1 Å². The van der Waals surface area contributed by atoms with Gasteiger partial charge < -0.3 is 9.84 Å². The number of rotatable bonds is 7. The lowest BCUT2D eigenvalue weighted by atomic mass is 9.95. The van der Waals surface area contributed by atoms with E-state index in [-0.39, 0.29) is 30.0 Å². The van der Waals surface area contributed by atoms with Gasteiger partial charge in [0.05, 0.1) is 26.7 Å². The van der Waals surface area contributed by atoms with Crippen molar-refractivity contribution in [3.05, 3.63) is 69.1 Å². The number of benzene rings is 2. The lowest BCUT2D eigenvalue weighted by molar-refractivity contribution is -0.140. The van der Waals surface area contributed by atoms with Crippen molar-refractivity contribution in [2.75, 3.05) is 5.32 Å². The number of aromatic nitrogens is 2. The first kappa shape index (κ1) is 28.4. The number of carboxylic acid groups (broad SMARTS) is 1. The second kappa shape index (κ2) is 8.70. The Labute approximate surface area is 225 Å². The summed E-state index contributed by atoms with van der Waals surface area (Å²) >= 11 is 11.5. The zero-order valence-electron chi connectivity index (χ0n) is 19.0. The molecule has 1 amide bonds. The van der Waals surface area contributed by atoms with Crippen LogP contribution in [0.5, 0.6) is 0 Å². The molecule has 1 fully saturated rings. The van der Waals surface area contributed by atoms with Crippen LogP contribution in [0, 0.1) is 17.1 Å². The van der Waals surface area contributed by atoms with E-state index < -0.39 is 72.3 Å². The van der Waals surface area contributed by atoms with E-state index >= 15 is 0 Å². The summed E-state index contributed by atoms with van der Waals surface area (Å²) in [4.78, 5) is 22.2. The Hall–Kier alpha value is -3.61. The highest BCUT2D eigenvalue weighted by Crippen LogP contribution is 3.02. The zero-order chi connectivity index (χ0) is 29.0. The van der Waals surface area contributed by atoms with Crippen LogP contribution in [0.1, 0.15) is 29.7 Å². The average molecular weight is 615 g/mol. The fraction of sp³-hybridized carbons (Fsp3) is 0.182. The summed E-state index contributed by atoms with van der Waals surface area (Å²) in [5.74, 6) is -2.54. The Balaban J connectivity index is 1.83. The number of halogens is 8. The molecular weight excluding hydrogens is 601 g/mol. The van der Waals surface area contributed by atoms with Crippen LogP contribution in [-0.2, 0) is 21.6 Å². The summed E-state index contributed by atoms with van der Waals surface area (Å²) in [6, 6.07) is 7.08. The molecule has 1 saturated carbocycles. The molecule has 2 N–H and O–H groups in total. The highest BCUT2D eigenvalue weighted by Gasteiger charge is 2.67. The molecule has 1 aliphatic carbocycles. The Kier molecular flexibility index (Phi) is 6.33. The first-order chi connectivity index (χ1) is 17.9. The molecule has 0 aliphatic heterocycles. The van der Waals surface area contributed by atoms with E-state index in [9.17, 15) is 43.8 Å². The third-order valence-corrected chi connectivity index (χ3v) is 7.93. The third kappa shape index (κ3) is 5.45. The number of nitrogens with zero attached hydrogens (tertiary/aromatic N) is 3. The first-order valence-corrected chi connectivity index (χ1v) is 13.3. The molecule has 2 aromatic carbocycles. The maximum Gasteiger partial charge on any atom is 0.413 e. The maximum absolute atomic E-state index is 13.4. The molecule has 8 nitrogen and oxygen atoms in total. The van der Waals surface area contributed by atoms with E-state index in [1.807, 2.05) is 0 Å². The minimum atomic E-state index is -10.3. The van der Waals surface area contributed by atoms with Gasteiger partial charge in [-0.2, -0.15) is 10.4 Å². The third-order valence-electron chi connectivity index (χ3n) is 5.78. The molecule has 39 heavy (non-hydrogen) atoms. The number of ether oxygens (including phenoxy) is 1. The monoisotopic (exact) mass is 614 g/mol. The molecule has 17 heteroatoms. The van der Waals surface area contributed by atoms with Gasteiger partial charge in [-0.05, 0) is 42.7 Å². The maximum atomic E-state index is 13.4. The number of carbonyl (C=O) groups is 2. The molecule has 0 radical (unpaired) electrons. The molecule has 1 aliphatic rings. The molecule has 3 aromatic rings. The lowest BCUT2D eigenvalue weighted by Crippen LogP contribution is -2.24. The molecule has 0 unspecified atom stereocenters. The number of hydrogen-bond acceptors (Lipinski definition) is 5. The van der Waals surface area contributed by atoms with E-state index in [0.29, 0.717) is 10.7 Å². The van der Waals surface area contributed by atoms with Crippen molar-refractivity contribution in [3.63, 3.8) is 0 Å². The number of amides is 1. The van der Waals surface area contributed by atoms with Gasteiger partial charge in [0.15, 0.2) is 5.69 Å². The quantitative estimate of drug-likeness (QED) is 0.263. The predicted molar refractivity (Wildman–Crippen MR) is 128 cm³/mol. The highest BCUT2D eigenvalue weighted by atomic mass is 35.5. The molecule has 4 rings (SSSR count). The van der Waals surface area contributed by atoms with E-state index in [2.05, 4.69) is 10.4 Å². The Bertz CT molecular complexity index is 1590. The number of hydrogen-bond donors (Lipinski definition) is 2. The first-order valence-electron chi connectivity index (χ1n) is 10.6. The van der Waals surface area contributed by atoms with Gasteiger partial charge in [-0.3, -0.25) is 10.1 Å². The Morgan fingerprint density at radius 2 is 1.82 bits per heavy atom. The average Bonchev–Trinajstić information content (AvgIpc) is 3.54. The van der Waals surface area contributed by atoms with Crippen molar-refractivity contribution >= 4 is 51.3 Å². The molecule has 0 saturated heterocycles. The van der Waals surface area contributed by atoms with Crippen molar-refractivity contribution in [1.82, 2.24) is 9.78 Å². The second-order valence-electron chi connectivity index (χ2n) is 8.49. The molecule has 0 bridgehead atoms. The molecular formula is C22H14Cl2F6N4O4S. The fourth-order valence-corrected chi connectivity index (χ4v) is 5.49. The summed E-state index contributed by atoms with van der Waals surface area (Å²) in [7, 11) is -10.3.